The van der Waals surface area contributed by atoms with E-state index >= 15 is 0 Å². The van der Waals surface area contributed by atoms with Gasteiger partial charge in [-0.2, -0.15) is 16.8 Å². The Morgan fingerprint density at radius 2 is 0.842 bits per heavy atom. The van der Waals surface area contributed by atoms with Gasteiger partial charge < -0.3 is 43.1 Å². The summed E-state index contributed by atoms with van der Waals surface area (Å²) >= 11 is 0. The molecule has 27 heteroatoms. The van der Waals surface area contributed by atoms with E-state index in [2.05, 4.69) is 31.7 Å². The molecule has 0 aliphatic carbocycles. The summed E-state index contributed by atoms with van der Waals surface area (Å²) in [5, 5.41) is 3.58. The number of carbonyl (C=O) groups is 2. The maximum Gasteiger partial charge on any atom is 0.281 e. The number of nitrogens with zero attached hydrogens (tertiary/aromatic N) is 6. The van der Waals surface area contributed by atoms with Gasteiger partial charge in [0.25, 0.3) is 32.1 Å². The molecule has 0 saturated carbocycles. The number of anilines is 2. The number of hydrogen-bond acceptors (Lipinski definition) is 20. The molecule has 2 unspecified atom stereocenters. The molecule has 0 radical (unpaired) electrons. The van der Waals surface area contributed by atoms with Crippen LogP contribution < -0.4 is 30.1 Å². The Morgan fingerprint density at radius 3 is 1.18 bits per heavy atom. The quantitative estimate of drug-likeness (QED) is 0.0529. The highest BCUT2D eigenvalue weighted by Crippen LogP contribution is 2.33. The molecule has 4 aliphatic rings. The fourth-order valence-electron chi connectivity index (χ4n) is 12.3. The molecule has 25 nitrogen and oxygen atoms in total. The largest absolute Gasteiger partial charge is 0.495 e. The lowest BCUT2D eigenvalue weighted by Gasteiger charge is -2.37. The van der Waals surface area contributed by atoms with Gasteiger partial charge in [0.2, 0.25) is 0 Å². The van der Waals surface area contributed by atoms with Gasteiger partial charge in [-0.3, -0.25) is 38.1 Å². The second kappa shape index (κ2) is 37.4. The van der Waals surface area contributed by atoms with Crippen molar-refractivity contribution in [2.75, 3.05) is 128 Å². The van der Waals surface area contributed by atoms with Crippen molar-refractivity contribution in [1.29, 1.82) is 0 Å². The van der Waals surface area contributed by atoms with Crippen LogP contribution in [0.4, 0.5) is 11.4 Å². The standard InChI is InChI=1S/2C36H41N3O6.2CH4O3S.H2O/c2*1-26-33(40)28-14-10-15-29(35(28)44-34(26)27-12-4-3-5-13-27)36(41)39(45-32-18-8-9-25-43-32)20-11-19-37-21-23-38(24-22-37)30-16-6-7-17-31(30)42-2;2*1-5(2,3)4;/h2*3-7,10,12-17,32H,8-9,11,18-25H2,1-2H3;2*1H3,(H,2,3,4);1H2. The first kappa shape index (κ1) is 78.1. The summed E-state index contributed by atoms with van der Waals surface area (Å²) < 4.78 is 87.3. The van der Waals surface area contributed by atoms with Crippen LogP contribution in [0.2, 0.25) is 0 Å². The predicted octanol–water partition coefficient (Wildman–Crippen LogP) is 9.96. The molecule has 6 aromatic carbocycles. The molecule has 2 atom stereocenters. The summed E-state index contributed by atoms with van der Waals surface area (Å²) in [7, 11) is -3.92. The van der Waals surface area contributed by atoms with Gasteiger partial charge in [0.05, 0.1) is 73.1 Å². The van der Waals surface area contributed by atoms with E-state index < -0.39 is 32.8 Å². The summed E-state index contributed by atoms with van der Waals surface area (Å²) in [5.74, 6) is 2.01. The first-order valence-corrected chi connectivity index (χ1v) is 37.3. The average molecular weight is 1430 g/mol. The van der Waals surface area contributed by atoms with Crippen LogP contribution in [0.3, 0.4) is 0 Å². The molecule has 4 saturated heterocycles. The number of ether oxygens (including phenoxy) is 4. The molecule has 0 bridgehead atoms. The monoisotopic (exact) mass is 1430 g/mol. The zero-order valence-corrected chi connectivity index (χ0v) is 59.6. The molecule has 8 aromatic rings. The van der Waals surface area contributed by atoms with E-state index in [0.29, 0.717) is 83.4 Å². The van der Waals surface area contributed by atoms with E-state index in [9.17, 15) is 36.0 Å². The van der Waals surface area contributed by atoms with Gasteiger partial charge in [-0.25, -0.2) is 19.8 Å². The third-order valence-electron chi connectivity index (χ3n) is 17.3. The molecule has 12 rings (SSSR count). The van der Waals surface area contributed by atoms with Crippen LogP contribution in [0, 0.1) is 13.8 Å². The molecule has 2 amide bonds. The van der Waals surface area contributed by atoms with Crippen LogP contribution in [-0.4, -0.2) is 194 Å². The minimum Gasteiger partial charge on any atom is -0.495 e. The van der Waals surface area contributed by atoms with Crippen LogP contribution in [0.5, 0.6) is 11.5 Å². The van der Waals surface area contributed by atoms with Gasteiger partial charge in [0, 0.05) is 114 Å². The molecule has 0 spiro atoms. The topological polar surface area (TPSA) is 310 Å². The summed E-state index contributed by atoms with van der Waals surface area (Å²) in [6.45, 7) is 14.4. The normalized spacial score (nSPS) is 16.6. The van der Waals surface area contributed by atoms with E-state index in [-0.39, 0.29) is 39.3 Å². The lowest BCUT2D eigenvalue weighted by Crippen LogP contribution is -2.47. The van der Waals surface area contributed by atoms with Crippen LogP contribution in [0.25, 0.3) is 44.6 Å². The molecule has 544 valence electrons. The molecule has 6 heterocycles. The van der Waals surface area contributed by atoms with Crippen molar-refractivity contribution in [3.8, 4) is 34.1 Å². The number of carbonyl (C=O) groups excluding carboxylic acids is 2. The number of rotatable bonds is 20. The number of hydroxylamine groups is 4. The Kier molecular flexibility index (Phi) is 28.9. The van der Waals surface area contributed by atoms with E-state index in [4.69, 9.17) is 46.6 Å². The Hall–Kier alpha value is -8.58. The van der Waals surface area contributed by atoms with Crippen molar-refractivity contribution in [2.45, 2.75) is 77.8 Å². The van der Waals surface area contributed by atoms with Crippen molar-refractivity contribution in [1.82, 2.24) is 19.9 Å². The zero-order valence-electron chi connectivity index (χ0n) is 58.0. The van der Waals surface area contributed by atoms with E-state index in [0.717, 1.165) is 151 Å². The van der Waals surface area contributed by atoms with Gasteiger partial charge in [-0.15, -0.1) is 0 Å². The summed E-state index contributed by atoms with van der Waals surface area (Å²) in [6.07, 6.45) is 7.24. The van der Waals surface area contributed by atoms with Crippen molar-refractivity contribution < 1.29 is 78.5 Å². The summed E-state index contributed by atoms with van der Waals surface area (Å²) in [5.41, 5.74) is 5.63. The number of amides is 2. The molecule has 101 heavy (non-hydrogen) atoms. The van der Waals surface area contributed by atoms with Crippen LogP contribution >= 0.6 is 0 Å². The first-order valence-electron chi connectivity index (χ1n) is 33.6. The second-order valence-corrected chi connectivity index (χ2v) is 27.6. The number of hydrogen-bond donors (Lipinski definition) is 2. The Balaban J connectivity index is 0.000000224. The van der Waals surface area contributed by atoms with Crippen molar-refractivity contribution in [3.05, 3.63) is 188 Å². The van der Waals surface area contributed by atoms with Crippen molar-refractivity contribution in [3.63, 3.8) is 0 Å². The Labute approximate surface area is 589 Å². The van der Waals surface area contributed by atoms with Crippen molar-refractivity contribution in [2.24, 2.45) is 0 Å². The number of fused-ring (bicyclic) bond motifs is 2. The Morgan fingerprint density at radius 1 is 0.495 bits per heavy atom. The third kappa shape index (κ3) is 22.2. The number of benzene rings is 6. The highest BCUT2D eigenvalue weighted by atomic mass is 32.2. The minimum atomic E-state index is -3.67. The molecular formula is C74H92N6O19S2. The highest BCUT2D eigenvalue weighted by molar-refractivity contribution is 7.85. The van der Waals surface area contributed by atoms with Gasteiger partial charge in [-0.05, 0) is 101 Å². The maximum absolute atomic E-state index is 14.2. The minimum absolute atomic E-state index is 0. The fraction of sp³-hybridized carbons (Fsp3) is 0.405. The van der Waals surface area contributed by atoms with Gasteiger partial charge in [0.1, 0.15) is 23.0 Å². The third-order valence-corrected chi connectivity index (χ3v) is 17.3. The van der Waals surface area contributed by atoms with E-state index in [1.165, 1.54) is 10.1 Å². The predicted molar refractivity (Wildman–Crippen MR) is 388 cm³/mol. The van der Waals surface area contributed by atoms with Crippen LogP contribution in [0.1, 0.15) is 83.2 Å². The molecular weight excluding hydrogens is 1340 g/mol. The molecule has 4 aliphatic heterocycles. The molecule has 4 N–H and O–H groups in total. The molecule has 2 aromatic heterocycles. The fourth-order valence-corrected chi connectivity index (χ4v) is 12.3. The average Bonchev–Trinajstić information content (AvgIpc) is 0.770. The number of piperazine rings is 2. The lowest BCUT2D eigenvalue weighted by molar-refractivity contribution is -0.267. The van der Waals surface area contributed by atoms with Gasteiger partial charge in [-0.1, -0.05) is 97.1 Å². The summed E-state index contributed by atoms with van der Waals surface area (Å²) in [6, 6.07) is 45.5. The number of para-hydroxylation sites is 6. The van der Waals surface area contributed by atoms with E-state index in [1.807, 2.05) is 97.1 Å². The van der Waals surface area contributed by atoms with Crippen LogP contribution in [-0.2, 0) is 39.4 Å². The Bertz CT molecular complexity index is 4070. The van der Waals surface area contributed by atoms with Crippen LogP contribution in [0.15, 0.2) is 164 Å². The highest BCUT2D eigenvalue weighted by Gasteiger charge is 2.31. The number of methoxy groups -OCH3 is 2. The second-order valence-electron chi connectivity index (χ2n) is 24.7. The first-order chi connectivity index (χ1) is 48.1. The lowest BCUT2D eigenvalue weighted by atomic mass is 10.0. The SMILES string of the molecule is COc1ccccc1N1CCN(CCCN(OC2CCCCO2)C(=O)c2cccc3c(=O)c(C)c(-c4ccccc4)oc23)CC1.COc1ccccc1N1CCN(CCCN(OC2CCCCO2)C(=O)c2cccc3c(=O)c(C)c(-c4ccccc4)oc23)CC1.CS(=O)(=O)O.CS(=O)(=O)O.O. The zero-order chi connectivity index (χ0) is 71.3. The molecule has 4 fully saturated rings. The van der Waals surface area contributed by atoms with Gasteiger partial charge >= 0.3 is 0 Å². The summed E-state index contributed by atoms with van der Waals surface area (Å²) in [4.78, 5) is 77.2. The maximum atomic E-state index is 14.2. The smallest absolute Gasteiger partial charge is 0.281 e. The van der Waals surface area contributed by atoms with Gasteiger partial charge in [0.15, 0.2) is 34.6 Å². The van der Waals surface area contributed by atoms with Crippen molar-refractivity contribution >= 4 is 65.4 Å². The van der Waals surface area contributed by atoms with E-state index in [1.54, 1.807) is 64.5 Å².